The highest BCUT2D eigenvalue weighted by Gasteiger charge is 2.31. The number of aromatic nitrogens is 2. The second-order valence-electron chi connectivity index (χ2n) is 7.28. The first-order chi connectivity index (χ1) is 15.4. The Labute approximate surface area is 189 Å². The maximum absolute atomic E-state index is 13.3. The highest BCUT2D eigenvalue weighted by molar-refractivity contribution is 7.89. The van der Waals surface area contributed by atoms with E-state index < -0.39 is 15.8 Å². The molecule has 0 radical (unpaired) electrons. The Morgan fingerprint density at radius 2 is 1.75 bits per heavy atom. The van der Waals surface area contributed by atoms with Gasteiger partial charge in [0.2, 0.25) is 22.8 Å². The van der Waals surface area contributed by atoms with Crippen molar-refractivity contribution in [2.24, 2.45) is 0 Å². The lowest BCUT2D eigenvalue weighted by molar-refractivity contribution is 0.174. The summed E-state index contributed by atoms with van der Waals surface area (Å²) < 4.78 is 51.3. The molecular formula is C21H18ClFN4O4S. The topological polar surface area (TPSA) is 84.9 Å². The molecule has 2 aromatic carbocycles. The third kappa shape index (κ3) is 3.85. The first-order valence-electron chi connectivity index (χ1n) is 9.85. The summed E-state index contributed by atoms with van der Waals surface area (Å²) in [7, 11) is -3.83. The van der Waals surface area contributed by atoms with Gasteiger partial charge >= 0.3 is 0 Å². The largest absolute Gasteiger partial charge is 0.454 e. The average Bonchev–Trinajstić information content (AvgIpc) is 3.27. The number of rotatable bonds is 4. The number of nitrogens with zero attached hydrogens (tertiary/aromatic N) is 4. The fourth-order valence-electron chi connectivity index (χ4n) is 3.67. The second-order valence-corrected chi connectivity index (χ2v) is 9.59. The zero-order chi connectivity index (χ0) is 22.3. The van der Waals surface area contributed by atoms with Crippen LogP contribution in [0.2, 0.25) is 5.02 Å². The maximum Gasteiger partial charge on any atom is 0.244 e. The molecular weight excluding hydrogens is 459 g/mol. The summed E-state index contributed by atoms with van der Waals surface area (Å²) in [6.07, 6.45) is 1.67. The van der Waals surface area contributed by atoms with Crippen LogP contribution in [-0.2, 0) is 10.0 Å². The van der Waals surface area contributed by atoms with Crippen molar-refractivity contribution in [1.82, 2.24) is 14.3 Å². The SMILES string of the molecule is O=S(=O)(c1ccc(F)cc1Cl)N1CCN(c2nccc(-c3ccc4c(c3)OCO4)n2)CC1. The van der Waals surface area contributed by atoms with Crippen LogP contribution in [0.1, 0.15) is 0 Å². The van der Waals surface area contributed by atoms with Gasteiger partial charge in [-0.1, -0.05) is 11.6 Å². The lowest BCUT2D eigenvalue weighted by atomic mass is 10.1. The predicted molar refractivity (Wildman–Crippen MR) is 116 cm³/mol. The Bertz CT molecular complexity index is 1280. The number of anilines is 1. The van der Waals surface area contributed by atoms with Crippen LogP contribution in [0.5, 0.6) is 11.5 Å². The third-order valence-electron chi connectivity index (χ3n) is 5.34. The quantitative estimate of drug-likeness (QED) is 0.571. The normalized spacial score (nSPS) is 16.4. The summed E-state index contributed by atoms with van der Waals surface area (Å²) in [5.41, 5.74) is 1.59. The molecule has 0 saturated carbocycles. The van der Waals surface area contributed by atoms with E-state index in [2.05, 4.69) is 9.97 Å². The van der Waals surface area contributed by atoms with Crippen molar-refractivity contribution in [1.29, 1.82) is 0 Å². The molecule has 3 heterocycles. The van der Waals surface area contributed by atoms with Gasteiger partial charge in [-0.2, -0.15) is 4.31 Å². The van der Waals surface area contributed by atoms with Crippen LogP contribution in [0.3, 0.4) is 0 Å². The molecule has 0 bridgehead atoms. The van der Waals surface area contributed by atoms with E-state index in [1.54, 1.807) is 12.3 Å². The van der Waals surface area contributed by atoms with E-state index in [9.17, 15) is 12.8 Å². The first-order valence-corrected chi connectivity index (χ1v) is 11.7. The van der Waals surface area contributed by atoms with Crippen LogP contribution >= 0.6 is 11.6 Å². The minimum atomic E-state index is -3.83. The van der Waals surface area contributed by atoms with Crippen molar-refractivity contribution in [2.45, 2.75) is 4.90 Å². The number of hydrogen-bond acceptors (Lipinski definition) is 7. The highest BCUT2D eigenvalue weighted by atomic mass is 35.5. The van der Waals surface area contributed by atoms with Gasteiger partial charge in [0.25, 0.3) is 0 Å². The van der Waals surface area contributed by atoms with Gasteiger partial charge in [0.1, 0.15) is 10.7 Å². The van der Waals surface area contributed by atoms with Crippen LogP contribution in [0, 0.1) is 5.82 Å². The molecule has 166 valence electrons. The molecule has 0 aliphatic carbocycles. The van der Waals surface area contributed by atoms with Gasteiger partial charge in [-0.3, -0.25) is 0 Å². The number of piperazine rings is 1. The zero-order valence-electron chi connectivity index (χ0n) is 16.7. The van der Waals surface area contributed by atoms with Gasteiger partial charge in [-0.25, -0.2) is 22.8 Å². The standard InChI is InChI=1S/C21H18ClFN4O4S/c22-16-12-15(23)2-4-20(16)32(28,29)27-9-7-26(8-10-27)21-24-6-5-17(25-21)14-1-3-18-19(11-14)31-13-30-18/h1-6,11-12H,7-10,13H2. The highest BCUT2D eigenvalue weighted by Crippen LogP contribution is 2.35. The maximum atomic E-state index is 13.3. The van der Waals surface area contributed by atoms with E-state index in [0.717, 1.165) is 23.4 Å². The predicted octanol–water partition coefficient (Wildman–Crippen LogP) is 3.18. The minimum absolute atomic E-state index is 0.102. The number of ether oxygens (including phenoxy) is 2. The van der Waals surface area contributed by atoms with E-state index >= 15 is 0 Å². The van der Waals surface area contributed by atoms with Crippen molar-refractivity contribution in [3.63, 3.8) is 0 Å². The van der Waals surface area contributed by atoms with E-state index in [4.69, 9.17) is 21.1 Å². The molecule has 8 nitrogen and oxygen atoms in total. The summed E-state index contributed by atoms with van der Waals surface area (Å²) in [5.74, 6) is 1.29. The van der Waals surface area contributed by atoms with E-state index in [1.807, 2.05) is 23.1 Å². The molecule has 2 aliphatic heterocycles. The zero-order valence-corrected chi connectivity index (χ0v) is 18.3. The number of halogens is 2. The Morgan fingerprint density at radius 3 is 2.53 bits per heavy atom. The Morgan fingerprint density at radius 1 is 0.969 bits per heavy atom. The second kappa shape index (κ2) is 8.19. The van der Waals surface area contributed by atoms with E-state index in [0.29, 0.717) is 30.5 Å². The minimum Gasteiger partial charge on any atom is -0.454 e. The lowest BCUT2D eigenvalue weighted by Crippen LogP contribution is -2.49. The molecule has 2 aliphatic rings. The van der Waals surface area contributed by atoms with Gasteiger partial charge in [0.15, 0.2) is 11.5 Å². The van der Waals surface area contributed by atoms with Gasteiger partial charge in [0.05, 0.1) is 10.7 Å². The number of hydrogen-bond donors (Lipinski definition) is 0. The summed E-state index contributed by atoms with van der Waals surface area (Å²) in [6, 6.07) is 10.7. The number of sulfonamides is 1. The molecule has 0 unspecified atom stereocenters. The van der Waals surface area contributed by atoms with Crippen molar-refractivity contribution in [3.8, 4) is 22.8 Å². The molecule has 0 spiro atoms. The average molecular weight is 477 g/mol. The van der Waals surface area contributed by atoms with Crippen LogP contribution in [0.15, 0.2) is 53.6 Å². The lowest BCUT2D eigenvalue weighted by Gasteiger charge is -2.34. The third-order valence-corrected chi connectivity index (χ3v) is 7.73. The van der Waals surface area contributed by atoms with Crippen molar-refractivity contribution in [2.75, 3.05) is 37.9 Å². The van der Waals surface area contributed by atoms with Crippen LogP contribution in [0.25, 0.3) is 11.3 Å². The summed E-state index contributed by atoms with van der Waals surface area (Å²) in [4.78, 5) is 10.8. The number of fused-ring (bicyclic) bond motifs is 1. The molecule has 0 N–H and O–H groups in total. The fourth-order valence-corrected chi connectivity index (χ4v) is 5.60. The summed E-state index contributed by atoms with van der Waals surface area (Å²) in [5, 5.41) is -0.132. The van der Waals surface area contributed by atoms with Crippen LogP contribution in [0.4, 0.5) is 10.3 Å². The van der Waals surface area contributed by atoms with Gasteiger partial charge in [-0.15, -0.1) is 0 Å². The van der Waals surface area contributed by atoms with Crippen LogP contribution < -0.4 is 14.4 Å². The van der Waals surface area contributed by atoms with Crippen molar-refractivity contribution in [3.05, 3.63) is 59.5 Å². The van der Waals surface area contributed by atoms with E-state index in [1.165, 1.54) is 10.4 Å². The molecule has 32 heavy (non-hydrogen) atoms. The first kappa shape index (κ1) is 20.9. The Hall–Kier alpha value is -2.95. The van der Waals surface area contributed by atoms with Gasteiger partial charge in [-0.05, 0) is 42.5 Å². The molecule has 5 rings (SSSR count). The molecule has 1 saturated heterocycles. The molecule has 1 fully saturated rings. The molecule has 3 aromatic rings. The van der Waals surface area contributed by atoms with Crippen LogP contribution in [-0.4, -0.2) is 55.7 Å². The van der Waals surface area contributed by atoms with E-state index in [-0.39, 0.29) is 29.8 Å². The van der Waals surface area contributed by atoms with Crippen molar-refractivity contribution >= 4 is 27.6 Å². The smallest absolute Gasteiger partial charge is 0.244 e. The summed E-state index contributed by atoms with van der Waals surface area (Å²) >= 11 is 5.98. The monoisotopic (exact) mass is 476 g/mol. The number of benzene rings is 2. The van der Waals surface area contributed by atoms with Crippen molar-refractivity contribution < 1.29 is 22.3 Å². The molecule has 0 atom stereocenters. The van der Waals surface area contributed by atoms with Gasteiger partial charge < -0.3 is 14.4 Å². The van der Waals surface area contributed by atoms with Gasteiger partial charge in [0, 0.05) is 37.9 Å². The molecule has 0 amide bonds. The Kier molecular flexibility index (Phi) is 5.36. The molecule has 11 heteroatoms. The molecule has 1 aromatic heterocycles. The summed E-state index contributed by atoms with van der Waals surface area (Å²) in [6.45, 7) is 1.47. The fraction of sp³-hybridized carbons (Fsp3) is 0.238. The Balaban J connectivity index is 1.32.